The Hall–Kier alpha value is -3.68. The maximum atomic E-state index is 12.1. The maximum absolute atomic E-state index is 12.1. The second kappa shape index (κ2) is 10.2. The molecule has 0 atom stereocenters. The van der Waals surface area contributed by atoms with Crippen LogP contribution in [0.2, 0.25) is 0 Å². The van der Waals surface area contributed by atoms with E-state index in [1.54, 1.807) is 24.3 Å². The highest BCUT2D eigenvalue weighted by molar-refractivity contribution is 5.91. The molecule has 0 bridgehead atoms. The van der Waals surface area contributed by atoms with Crippen LogP contribution >= 0.6 is 0 Å². The van der Waals surface area contributed by atoms with Crippen molar-refractivity contribution in [1.29, 1.82) is 0 Å². The topological polar surface area (TPSA) is 97.6 Å². The Labute approximate surface area is 174 Å². The van der Waals surface area contributed by atoms with Gasteiger partial charge in [0, 0.05) is 30.9 Å². The third kappa shape index (κ3) is 5.66. The number of amides is 1. The molecule has 0 fully saturated rings. The number of carbonyl (C=O) groups is 2. The van der Waals surface area contributed by atoms with Crippen molar-refractivity contribution < 1.29 is 18.7 Å². The summed E-state index contributed by atoms with van der Waals surface area (Å²) < 4.78 is 10.2. The monoisotopic (exact) mass is 408 g/mol. The molecule has 0 saturated carbocycles. The van der Waals surface area contributed by atoms with Gasteiger partial charge < -0.3 is 19.4 Å². The molecule has 3 aromatic rings. The van der Waals surface area contributed by atoms with E-state index < -0.39 is 5.97 Å². The molecule has 8 heteroatoms. The lowest BCUT2D eigenvalue weighted by atomic mass is 10.1. The molecular formula is C22H24N4O4. The highest BCUT2D eigenvalue weighted by Gasteiger charge is 2.12. The molecule has 2 aromatic carbocycles. The number of aryl methyl sites for hydroxylation is 1. The minimum atomic E-state index is -0.572. The van der Waals surface area contributed by atoms with Gasteiger partial charge in [-0.15, -0.1) is 10.2 Å². The molecule has 156 valence electrons. The third-order valence-corrected chi connectivity index (χ3v) is 4.51. The summed E-state index contributed by atoms with van der Waals surface area (Å²) in [5, 5.41) is 10.2. The van der Waals surface area contributed by atoms with Crippen molar-refractivity contribution in [2.75, 3.05) is 31.1 Å². The largest absolute Gasteiger partial charge is 0.452 e. The van der Waals surface area contributed by atoms with Crippen molar-refractivity contribution in [3.63, 3.8) is 0 Å². The van der Waals surface area contributed by atoms with Gasteiger partial charge in [-0.3, -0.25) is 4.79 Å². The van der Waals surface area contributed by atoms with E-state index in [2.05, 4.69) is 33.4 Å². The number of aromatic nitrogens is 2. The summed E-state index contributed by atoms with van der Waals surface area (Å²) in [6.45, 7) is 5.73. The van der Waals surface area contributed by atoms with E-state index in [0.717, 1.165) is 12.2 Å². The fourth-order valence-electron chi connectivity index (χ4n) is 2.94. The van der Waals surface area contributed by atoms with Gasteiger partial charge in [0.2, 0.25) is 12.3 Å². The second-order valence-electron chi connectivity index (χ2n) is 6.67. The number of esters is 1. The van der Waals surface area contributed by atoms with Gasteiger partial charge in [-0.05, 0) is 55.8 Å². The molecule has 3 rings (SSSR count). The number of likely N-dealkylation sites (N-methyl/N-ethyl adjacent to an activating group) is 1. The lowest BCUT2D eigenvalue weighted by molar-refractivity contribution is -0.124. The smallest absolute Gasteiger partial charge is 0.338 e. The average molecular weight is 408 g/mol. The Kier molecular flexibility index (Phi) is 7.15. The first-order valence-corrected chi connectivity index (χ1v) is 9.69. The summed E-state index contributed by atoms with van der Waals surface area (Å²) in [4.78, 5) is 26.3. The van der Waals surface area contributed by atoms with E-state index in [1.807, 2.05) is 25.1 Å². The molecule has 1 N–H and O–H groups in total. The van der Waals surface area contributed by atoms with E-state index in [-0.39, 0.29) is 12.5 Å². The molecule has 0 unspecified atom stereocenters. The molecule has 0 aliphatic carbocycles. The third-order valence-electron chi connectivity index (χ3n) is 4.51. The van der Waals surface area contributed by atoms with Gasteiger partial charge in [0.1, 0.15) is 0 Å². The first-order valence-electron chi connectivity index (χ1n) is 9.69. The van der Waals surface area contributed by atoms with E-state index in [1.165, 1.54) is 12.0 Å². The summed E-state index contributed by atoms with van der Waals surface area (Å²) >= 11 is 0. The number of ether oxygens (including phenoxy) is 1. The first kappa shape index (κ1) is 21.0. The Morgan fingerprint density at radius 2 is 1.97 bits per heavy atom. The van der Waals surface area contributed by atoms with E-state index in [9.17, 15) is 9.59 Å². The van der Waals surface area contributed by atoms with Crippen LogP contribution in [0.1, 0.15) is 22.8 Å². The molecule has 8 nitrogen and oxygen atoms in total. The fourth-order valence-corrected chi connectivity index (χ4v) is 2.94. The molecule has 0 aliphatic heterocycles. The number of hydrogen-bond acceptors (Lipinski definition) is 7. The number of carbonyl (C=O) groups excluding carboxylic acids is 2. The Morgan fingerprint density at radius 3 is 2.63 bits per heavy atom. The lowest BCUT2D eigenvalue weighted by Crippen LogP contribution is -2.36. The number of hydrogen-bond donors (Lipinski definition) is 1. The number of benzene rings is 2. The summed E-state index contributed by atoms with van der Waals surface area (Å²) in [6, 6.07) is 14.7. The molecule has 0 spiro atoms. The van der Waals surface area contributed by atoms with Crippen molar-refractivity contribution in [2.45, 2.75) is 13.8 Å². The lowest BCUT2D eigenvalue weighted by Gasteiger charge is -2.23. The highest BCUT2D eigenvalue weighted by atomic mass is 16.5. The van der Waals surface area contributed by atoms with Crippen LogP contribution in [-0.4, -0.2) is 48.3 Å². The average Bonchev–Trinajstić information content (AvgIpc) is 3.30. The van der Waals surface area contributed by atoms with Crippen LogP contribution in [0.5, 0.6) is 0 Å². The highest BCUT2D eigenvalue weighted by Crippen LogP contribution is 2.17. The van der Waals surface area contributed by atoms with Gasteiger partial charge in [-0.25, -0.2) is 4.79 Å². The zero-order chi connectivity index (χ0) is 21.3. The Morgan fingerprint density at radius 1 is 1.17 bits per heavy atom. The van der Waals surface area contributed by atoms with Crippen molar-refractivity contribution in [3.8, 4) is 11.5 Å². The molecule has 1 heterocycles. The summed E-state index contributed by atoms with van der Waals surface area (Å²) in [6.07, 6.45) is 1.23. The number of nitrogens with one attached hydrogen (secondary N) is 1. The van der Waals surface area contributed by atoms with Gasteiger partial charge in [-0.2, -0.15) is 0 Å². The second-order valence-corrected chi connectivity index (χ2v) is 6.67. The van der Waals surface area contributed by atoms with Crippen molar-refractivity contribution in [1.82, 2.24) is 15.5 Å². The molecule has 30 heavy (non-hydrogen) atoms. The SMILES string of the molecule is CCN(CCNC(=O)COC(=O)c1ccc(-c2nnco2)cc1)c1cccc(C)c1. The predicted octanol–water partition coefficient (Wildman–Crippen LogP) is 2.84. The normalized spacial score (nSPS) is 10.5. The summed E-state index contributed by atoms with van der Waals surface area (Å²) in [5.74, 6) is -0.551. The molecule has 0 radical (unpaired) electrons. The van der Waals surface area contributed by atoms with Gasteiger partial charge in [0.25, 0.3) is 5.91 Å². The van der Waals surface area contributed by atoms with Gasteiger partial charge in [-0.1, -0.05) is 12.1 Å². The van der Waals surface area contributed by atoms with Crippen LogP contribution in [0.15, 0.2) is 59.3 Å². The molecular weight excluding hydrogens is 384 g/mol. The quantitative estimate of drug-likeness (QED) is 0.544. The zero-order valence-corrected chi connectivity index (χ0v) is 17.0. The van der Waals surface area contributed by atoms with Gasteiger partial charge >= 0.3 is 5.97 Å². The molecule has 1 aromatic heterocycles. The van der Waals surface area contributed by atoms with Crippen molar-refractivity contribution in [2.24, 2.45) is 0 Å². The van der Waals surface area contributed by atoms with Crippen LogP contribution < -0.4 is 10.2 Å². The Balaban J connectivity index is 1.42. The van der Waals surface area contributed by atoms with Gasteiger partial charge in [0.05, 0.1) is 5.56 Å². The predicted molar refractivity (Wildman–Crippen MR) is 112 cm³/mol. The molecule has 1 amide bonds. The first-order chi connectivity index (χ1) is 14.6. The van der Waals surface area contributed by atoms with Crippen LogP contribution in [0, 0.1) is 6.92 Å². The zero-order valence-electron chi connectivity index (χ0n) is 17.0. The van der Waals surface area contributed by atoms with Crippen LogP contribution in [-0.2, 0) is 9.53 Å². The molecule has 0 saturated heterocycles. The van der Waals surface area contributed by atoms with E-state index in [0.29, 0.717) is 30.1 Å². The standard InChI is InChI=1S/C22H24N4O4/c1-3-26(19-6-4-5-16(2)13-19)12-11-23-20(27)14-29-22(28)18-9-7-17(8-10-18)21-25-24-15-30-21/h4-10,13,15H,3,11-12,14H2,1-2H3,(H,23,27). The van der Waals surface area contributed by atoms with Crippen LogP contribution in [0.25, 0.3) is 11.5 Å². The van der Waals surface area contributed by atoms with E-state index >= 15 is 0 Å². The summed E-state index contributed by atoms with van der Waals surface area (Å²) in [5.41, 5.74) is 3.33. The van der Waals surface area contributed by atoms with Crippen molar-refractivity contribution in [3.05, 3.63) is 66.1 Å². The minimum absolute atomic E-state index is 0.333. The fraction of sp³-hybridized carbons (Fsp3) is 0.273. The Bertz CT molecular complexity index is 971. The van der Waals surface area contributed by atoms with Crippen molar-refractivity contribution >= 4 is 17.6 Å². The minimum Gasteiger partial charge on any atom is -0.452 e. The number of anilines is 1. The van der Waals surface area contributed by atoms with Gasteiger partial charge in [0.15, 0.2) is 6.61 Å². The number of rotatable bonds is 9. The van der Waals surface area contributed by atoms with E-state index in [4.69, 9.17) is 9.15 Å². The maximum Gasteiger partial charge on any atom is 0.338 e. The number of nitrogens with zero attached hydrogens (tertiary/aromatic N) is 3. The molecule has 0 aliphatic rings. The van der Waals surface area contributed by atoms with Crippen LogP contribution in [0.3, 0.4) is 0 Å². The summed E-state index contributed by atoms with van der Waals surface area (Å²) in [7, 11) is 0. The van der Waals surface area contributed by atoms with Crippen LogP contribution in [0.4, 0.5) is 5.69 Å².